The van der Waals surface area contributed by atoms with E-state index in [4.69, 9.17) is 0 Å². The summed E-state index contributed by atoms with van der Waals surface area (Å²) in [5.74, 6) is -0.742. The van der Waals surface area contributed by atoms with Crippen LogP contribution in [0.15, 0.2) is 94.9 Å². The summed E-state index contributed by atoms with van der Waals surface area (Å²) < 4.78 is 6.05. The molecule has 39 heavy (non-hydrogen) atoms. The largest absolute Gasteiger partial charge is 0.319 e. The molecule has 0 bridgehead atoms. The van der Waals surface area contributed by atoms with E-state index in [-0.39, 0.29) is 11.8 Å². The summed E-state index contributed by atoms with van der Waals surface area (Å²) in [6.45, 7) is 0. The number of aryl methyl sites for hydroxylation is 2. The Labute approximate surface area is 234 Å². The van der Waals surface area contributed by atoms with Crippen molar-refractivity contribution in [2.45, 2.75) is 0 Å². The van der Waals surface area contributed by atoms with Crippen LogP contribution in [-0.2, 0) is 14.1 Å². The third-order valence-corrected chi connectivity index (χ3v) is 10.2. The highest BCUT2D eigenvalue weighted by atomic mass is 32.1. The van der Waals surface area contributed by atoms with Crippen molar-refractivity contribution in [2.24, 2.45) is 24.1 Å². The number of thiophene rings is 1. The summed E-state index contributed by atoms with van der Waals surface area (Å²) in [5.41, 5.74) is 2.05. The van der Waals surface area contributed by atoms with Crippen molar-refractivity contribution in [1.82, 2.24) is 9.13 Å². The predicted octanol–water partition coefficient (Wildman–Crippen LogP) is 6.64. The van der Waals surface area contributed by atoms with Crippen molar-refractivity contribution in [1.29, 1.82) is 0 Å². The number of rotatable bonds is 2. The van der Waals surface area contributed by atoms with Gasteiger partial charge in [-0.1, -0.05) is 83.3 Å². The number of hydrogen-bond acceptors (Lipinski definition) is 5. The molecule has 190 valence electrons. The SMILES string of the molecule is Cn1c(=NC(=O)c2ccc(C(=O)N=c3sc4c5ccccc5ccc4n3C)s2)sc2c3ccccc3ccc21. The second kappa shape index (κ2) is 9.23. The molecular weight excluding hydrogens is 545 g/mol. The van der Waals surface area contributed by atoms with Crippen LogP contribution in [0, 0.1) is 0 Å². The van der Waals surface area contributed by atoms with E-state index in [9.17, 15) is 9.59 Å². The third-order valence-electron chi connectivity index (χ3n) is 6.82. The first kappa shape index (κ1) is 23.9. The molecular formula is C30H20N4O2S3. The Kier molecular flexibility index (Phi) is 5.66. The first-order chi connectivity index (χ1) is 19.0. The lowest BCUT2D eigenvalue weighted by molar-refractivity contribution is 0.0995. The van der Waals surface area contributed by atoms with Gasteiger partial charge in [0.05, 0.1) is 30.2 Å². The molecule has 0 radical (unpaired) electrons. The Hall–Kier alpha value is -4.18. The molecule has 0 aliphatic heterocycles. The van der Waals surface area contributed by atoms with E-state index in [2.05, 4.69) is 58.5 Å². The van der Waals surface area contributed by atoms with Gasteiger partial charge in [-0.05, 0) is 35.0 Å². The highest BCUT2D eigenvalue weighted by Gasteiger charge is 2.15. The lowest BCUT2D eigenvalue weighted by atomic mass is 10.1. The maximum absolute atomic E-state index is 13.1. The first-order valence-electron chi connectivity index (χ1n) is 12.2. The zero-order valence-corrected chi connectivity index (χ0v) is 23.4. The number of hydrogen-bond donors (Lipinski definition) is 0. The van der Waals surface area contributed by atoms with Crippen molar-refractivity contribution in [3.8, 4) is 0 Å². The van der Waals surface area contributed by atoms with Crippen LogP contribution in [-0.4, -0.2) is 20.9 Å². The van der Waals surface area contributed by atoms with Crippen LogP contribution in [0.3, 0.4) is 0 Å². The summed E-state index contributed by atoms with van der Waals surface area (Å²) >= 11 is 4.10. The maximum atomic E-state index is 13.1. The molecule has 0 spiro atoms. The number of aromatic nitrogens is 2. The summed E-state index contributed by atoms with van der Waals surface area (Å²) in [6, 6.07) is 27.9. The van der Waals surface area contributed by atoms with Gasteiger partial charge in [0.15, 0.2) is 9.60 Å². The van der Waals surface area contributed by atoms with E-state index in [0.717, 1.165) is 53.3 Å². The van der Waals surface area contributed by atoms with Crippen molar-refractivity contribution < 1.29 is 9.59 Å². The molecule has 2 amide bonds. The van der Waals surface area contributed by atoms with Crippen molar-refractivity contribution in [3.63, 3.8) is 0 Å². The fourth-order valence-corrected chi connectivity index (χ4v) is 7.86. The van der Waals surface area contributed by atoms with E-state index in [1.54, 1.807) is 12.1 Å². The van der Waals surface area contributed by atoms with Gasteiger partial charge in [0, 0.05) is 24.9 Å². The molecule has 0 unspecified atom stereocenters. The smallest absolute Gasteiger partial charge is 0.289 e. The van der Waals surface area contributed by atoms with Crippen LogP contribution in [0.25, 0.3) is 42.0 Å². The van der Waals surface area contributed by atoms with E-state index >= 15 is 0 Å². The number of thiazole rings is 2. The molecule has 3 heterocycles. The molecule has 0 saturated heterocycles. The third kappa shape index (κ3) is 3.97. The quantitative estimate of drug-likeness (QED) is 0.236. The molecule has 6 nitrogen and oxygen atoms in total. The van der Waals surface area contributed by atoms with Gasteiger partial charge in [0.1, 0.15) is 0 Å². The maximum Gasteiger partial charge on any atom is 0.289 e. The average Bonchev–Trinajstić information content (AvgIpc) is 3.66. The zero-order valence-electron chi connectivity index (χ0n) is 20.9. The molecule has 7 aromatic rings. The molecule has 0 fully saturated rings. The highest BCUT2D eigenvalue weighted by molar-refractivity contribution is 7.18. The van der Waals surface area contributed by atoms with Crippen LogP contribution in [0.4, 0.5) is 0 Å². The van der Waals surface area contributed by atoms with Crippen molar-refractivity contribution in [2.75, 3.05) is 0 Å². The van der Waals surface area contributed by atoms with Crippen LogP contribution >= 0.6 is 34.0 Å². The topological polar surface area (TPSA) is 68.7 Å². The molecule has 9 heteroatoms. The lowest BCUT2D eigenvalue weighted by Crippen LogP contribution is -2.13. The van der Waals surface area contributed by atoms with Crippen LogP contribution in [0.1, 0.15) is 19.3 Å². The van der Waals surface area contributed by atoms with E-state index in [0.29, 0.717) is 19.4 Å². The van der Waals surface area contributed by atoms with Crippen molar-refractivity contribution in [3.05, 3.63) is 104 Å². The molecule has 0 N–H and O–H groups in total. The van der Waals surface area contributed by atoms with E-state index in [1.807, 2.05) is 47.5 Å². The predicted molar refractivity (Wildman–Crippen MR) is 161 cm³/mol. The minimum Gasteiger partial charge on any atom is -0.319 e. The van der Waals surface area contributed by atoms with E-state index in [1.165, 1.54) is 22.7 Å². The number of amides is 2. The van der Waals surface area contributed by atoms with Gasteiger partial charge in [0.25, 0.3) is 11.8 Å². The normalized spacial score (nSPS) is 12.9. The van der Waals surface area contributed by atoms with Crippen LogP contribution in [0.2, 0.25) is 0 Å². The molecule has 4 aromatic carbocycles. The monoisotopic (exact) mass is 564 g/mol. The molecule has 0 aliphatic rings. The Morgan fingerprint density at radius 1 is 0.564 bits per heavy atom. The molecule has 0 aliphatic carbocycles. The Morgan fingerprint density at radius 2 is 1.00 bits per heavy atom. The Balaban J connectivity index is 1.23. The van der Waals surface area contributed by atoms with Crippen LogP contribution < -0.4 is 9.60 Å². The second-order valence-corrected chi connectivity index (χ2v) is 12.2. The van der Waals surface area contributed by atoms with Gasteiger partial charge >= 0.3 is 0 Å². The number of carbonyl (C=O) groups excluding carboxylic acids is 2. The molecule has 0 saturated carbocycles. The Morgan fingerprint density at radius 3 is 1.46 bits per heavy atom. The standard InChI is InChI=1S/C30H20N4O2S3/c1-33-21-13-11-17-7-3-5-9-19(17)25(21)38-29(33)31-27(35)23-15-16-24(37-23)28(36)32-30-34(2)22-14-12-18-8-4-6-10-20(18)26(22)39-30/h3-16H,1-2H3. The second-order valence-electron chi connectivity index (χ2n) is 9.16. The first-order valence-corrected chi connectivity index (χ1v) is 14.7. The molecule has 3 aromatic heterocycles. The van der Waals surface area contributed by atoms with Gasteiger partial charge in [-0.3, -0.25) is 9.59 Å². The fourth-order valence-electron chi connectivity index (χ4n) is 4.78. The minimum absolute atomic E-state index is 0.371. The van der Waals surface area contributed by atoms with Gasteiger partial charge < -0.3 is 9.13 Å². The number of fused-ring (bicyclic) bond motifs is 6. The fraction of sp³-hybridized carbons (Fsp3) is 0.0667. The number of nitrogens with zero attached hydrogens (tertiary/aromatic N) is 4. The zero-order chi connectivity index (χ0) is 26.7. The highest BCUT2D eigenvalue weighted by Crippen LogP contribution is 2.28. The summed E-state index contributed by atoms with van der Waals surface area (Å²) in [7, 11) is 3.83. The number of carbonyl (C=O) groups is 2. The number of benzene rings is 4. The summed E-state index contributed by atoms with van der Waals surface area (Å²) in [4.78, 5) is 37.0. The lowest BCUT2D eigenvalue weighted by Gasteiger charge is -1.99. The molecule has 7 rings (SSSR count). The van der Waals surface area contributed by atoms with Gasteiger partial charge in [-0.2, -0.15) is 9.98 Å². The van der Waals surface area contributed by atoms with Crippen LogP contribution in [0.5, 0.6) is 0 Å². The van der Waals surface area contributed by atoms with Gasteiger partial charge in [0.2, 0.25) is 0 Å². The van der Waals surface area contributed by atoms with Gasteiger partial charge in [-0.15, -0.1) is 11.3 Å². The van der Waals surface area contributed by atoms with E-state index < -0.39 is 0 Å². The molecule has 0 atom stereocenters. The Bertz CT molecular complexity index is 2100. The van der Waals surface area contributed by atoms with Gasteiger partial charge in [-0.25, -0.2) is 0 Å². The minimum atomic E-state index is -0.371. The summed E-state index contributed by atoms with van der Waals surface area (Å²) in [6.07, 6.45) is 0. The average molecular weight is 565 g/mol. The van der Waals surface area contributed by atoms with Crippen molar-refractivity contribution >= 4 is 87.8 Å². The summed E-state index contributed by atoms with van der Waals surface area (Å²) in [5, 5.41) is 4.57.